The number of rotatable bonds is 8. The summed E-state index contributed by atoms with van der Waals surface area (Å²) in [7, 11) is 0. The van der Waals surface area contributed by atoms with E-state index < -0.39 is 0 Å². The predicted octanol–water partition coefficient (Wildman–Crippen LogP) is 1.41. The number of nitrogens with one attached hydrogen (secondary N) is 1. The summed E-state index contributed by atoms with van der Waals surface area (Å²) in [5.41, 5.74) is 0. The van der Waals surface area contributed by atoms with Crippen molar-refractivity contribution in [2.24, 2.45) is 0 Å². The van der Waals surface area contributed by atoms with Crippen LogP contribution in [0.4, 0.5) is 0 Å². The lowest BCUT2D eigenvalue weighted by Crippen LogP contribution is -2.27. The number of aliphatic hydroxyl groups is 1. The Balaban J connectivity index is 3.26. The van der Waals surface area contributed by atoms with E-state index >= 15 is 0 Å². The van der Waals surface area contributed by atoms with Crippen molar-refractivity contribution in [1.29, 1.82) is 0 Å². The van der Waals surface area contributed by atoms with Crippen LogP contribution in [0.15, 0.2) is 0 Å². The van der Waals surface area contributed by atoms with Crippen molar-refractivity contribution in [3.63, 3.8) is 0 Å². The van der Waals surface area contributed by atoms with E-state index in [9.17, 15) is 9.90 Å². The Kier molecular flexibility index (Phi) is 9.19. The Morgan fingerprint density at radius 1 is 1.50 bits per heavy atom. The van der Waals surface area contributed by atoms with Gasteiger partial charge in [-0.25, -0.2) is 0 Å². The first-order chi connectivity index (χ1) is 6.70. The van der Waals surface area contributed by atoms with Crippen molar-refractivity contribution in [3.05, 3.63) is 0 Å². The maximum atomic E-state index is 11.2. The van der Waals surface area contributed by atoms with Crippen LogP contribution >= 0.6 is 11.8 Å². The summed E-state index contributed by atoms with van der Waals surface area (Å²) in [5, 5.41) is 12.0. The third-order valence-electron chi connectivity index (χ3n) is 1.95. The second kappa shape index (κ2) is 9.34. The lowest BCUT2D eigenvalue weighted by molar-refractivity contribution is -0.120. The largest absolute Gasteiger partial charge is 0.393 e. The molecule has 1 amide bonds. The Bertz CT molecular complexity index is 153. The highest BCUT2D eigenvalue weighted by Crippen LogP contribution is 2.00. The van der Waals surface area contributed by atoms with Crippen LogP contribution in [0.2, 0.25) is 0 Å². The highest BCUT2D eigenvalue weighted by Gasteiger charge is 2.03. The molecule has 1 atom stereocenters. The average molecular weight is 219 g/mol. The molecule has 1 unspecified atom stereocenters. The fourth-order valence-corrected chi connectivity index (χ4v) is 1.60. The zero-order valence-corrected chi connectivity index (χ0v) is 9.90. The van der Waals surface area contributed by atoms with Crippen LogP contribution in [-0.2, 0) is 4.79 Å². The van der Waals surface area contributed by atoms with Gasteiger partial charge in [-0.1, -0.05) is 13.8 Å². The maximum absolute atomic E-state index is 11.2. The Labute approximate surface area is 90.7 Å². The minimum absolute atomic E-state index is 0.0919. The van der Waals surface area contributed by atoms with Gasteiger partial charge in [0.2, 0.25) is 5.91 Å². The average Bonchev–Trinajstić information content (AvgIpc) is 2.18. The molecular weight excluding hydrogens is 198 g/mol. The van der Waals surface area contributed by atoms with Crippen molar-refractivity contribution >= 4 is 17.7 Å². The van der Waals surface area contributed by atoms with Crippen LogP contribution in [-0.4, -0.2) is 35.2 Å². The molecule has 3 nitrogen and oxygen atoms in total. The lowest BCUT2D eigenvalue weighted by Gasteiger charge is -2.08. The summed E-state index contributed by atoms with van der Waals surface area (Å²) in [6.07, 6.45) is 1.71. The van der Waals surface area contributed by atoms with Gasteiger partial charge in [0.1, 0.15) is 0 Å². The van der Waals surface area contributed by atoms with E-state index in [0.717, 1.165) is 17.9 Å². The van der Waals surface area contributed by atoms with Gasteiger partial charge in [-0.3, -0.25) is 4.79 Å². The molecular formula is C10H21NO2S. The molecule has 0 saturated carbocycles. The second-order valence-electron chi connectivity index (χ2n) is 3.15. The molecule has 0 spiro atoms. The van der Waals surface area contributed by atoms with Crippen LogP contribution in [0.3, 0.4) is 0 Å². The van der Waals surface area contributed by atoms with E-state index in [1.807, 2.05) is 6.92 Å². The number of hydrogen-bond acceptors (Lipinski definition) is 3. The van der Waals surface area contributed by atoms with E-state index in [2.05, 4.69) is 12.2 Å². The van der Waals surface area contributed by atoms with Crippen molar-refractivity contribution in [2.45, 2.75) is 39.2 Å². The molecule has 0 fully saturated rings. The molecule has 0 bridgehead atoms. The zero-order valence-electron chi connectivity index (χ0n) is 9.08. The Hall–Kier alpha value is -0.220. The van der Waals surface area contributed by atoms with E-state index in [1.54, 1.807) is 11.8 Å². The molecule has 0 rings (SSSR count). The number of amides is 1. The normalized spacial score (nSPS) is 12.5. The fraction of sp³-hybridized carbons (Fsp3) is 0.900. The molecule has 84 valence electrons. The van der Waals surface area contributed by atoms with Crippen molar-refractivity contribution in [1.82, 2.24) is 5.32 Å². The highest BCUT2D eigenvalue weighted by molar-refractivity contribution is 7.99. The minimum Gasteiger partial charge on any atom is -0.393 e. The quantitative estimate of drug-likeness (QED) is 0.607. The first-order valence-electron chi connectivity index (χ1n) is 5.23. The number of aliphatic hydroxyl groups excluding tert-OH is 1. The lowest BCUT2D eigenvalue weighted by atomic mass is 10.2. The zero-order chi connectivity index (χ0) is 10.8. The number of hydrogen-bond donors (Lipinski definition) is 2. The summed E-state index contributed by atoms with van der Waals surface area (Å²) in [6.45, 7) is 4.61. The summed E-state index contributed by atoms with van der Waals surface area (Å²) < 4.78 is 0. The van der Waals surface area contributed by atoms with Crippen molar-refractivity contribution in [2.75, 3.05) is 18.1 Å². The predicted molar refractivity (Wildman–Crippen MR) is 61.5 cm³/mol. The van der Waals surface area contributed by atoms with Crippen LogP contribution in [0.5, 0.6) is 0 Å². The number of carbonyl (C=O) groups is 1. The van der Waals surface area contributed by atoms with Gasteiger partial charge in [-0.05, 0) is 18.6 Å². The third-order valence-corrected chi connectivity index (χ3v) is 2.85. The summed E-state index contributed by atoms with van der Waals surface area (Å²) >= 11 is 1.77. The summed E-state index contributed by atoms with van der Waals surface area (Å²) in [5.74, 6) is 2.04. The second-order valence-corrected chi connectivity index (χ2v) is 4.54. The molecule has 0 saturated heterocycles. The van der Waals surface area contributed by atoms with Gasteiger partial charge in [0.05, 0.1) is 6.10 Å². The van der Waals surface area contributed by atoms with Crippen molar-refractivity contribution in [3.8, 4) is 0 Å². The van der Waals surface area contributed by atoms with E-state index in [1.165, 1.54) is 0 Å². The molecule has 0 aliphatic heterocycles. The number of thioether (sulfide) groups is 1. The summed E-state index contributed by atoms with van der Waals surface area (Å²) in [4.78, 5) is 11.2. The molecule has 0 aromatic rings. The van der Waals surface area contributed by atoms with Crippen LogP contribution in [0.1, 0.15) is 33.1 Å². The van der Waals surface area contributed by atoms with E-state index in [4.69, 9.17) is 0 Å². The van der Waals surface area contributed by atoms with E-state index in [0.29, 0.717) is 19.4 Å². The van der Waals surface area contributed by atoms with Gasteiger partial charge in [0.15, 0.2) is 0 Å². The first kappa shape index (κ1) is 13.8. The van der Waals surface area contributed by atoms with Crippen LogP contribution in [0.25, 0.3) is 0 Å². The number of carbonyl (C=O) groups excluding carboxylic acids is 1. The van der Waals surface area contributed by atoms with Gasteiger partial charge in [0, 0.05) is 18.7 Å². The van der Waals surface area contributed by atoms with E-state index in [-0.39, 0.29) is 12.0 Å². The van der Waals surface area contributed by atoms with Crippen molar-refractivity contribution < 1.29 is 9.90 Å². The molecule has 14 heavy (non-hydrogen) atoms. The van der Waals surface area contributed by atoms with Gasteiger partial charge >= 0.3 is 0 Å². The van der Waals surface area contributed by atoms with Gasteiger partial charge < -0.3 is 10.4 Å². The smallest absolute Gasteiger partial charge is 0.220 e. The first-order valence-corrected chi connectivity index (χ1v) is 6.38. The van der Waals surface area contributed by atoms with Gasteiger partial charge in [-0.15, -0.1) is 0 Å². The molecule has 0 radical (unpaired) electrons. The molecule has 4 heteroatoms. The highest BCUT2D eigenvalue weighted by atomic mass is 32.2. The minimum atomic E-state index is -0.277. The third kappa shape index (κ3) is 8.38. The summed E-state index contributed by atoms with van der Waals surface area (Å²) in [6, 6.07) is 0. The Morgan fingerprint density at radius 2 is 2.21 bits per heavy atom. The monoisotopic (exact) mass is 219 g/mol. The molecule has 0 aromatic heterocycles. The SMILES string of the molecule is CCSCCC(=O)NCCC(O)CC. The Morgan fingerprint density at radius 3 is 2.79 bits per heavy atom. The maximum Gasteiger partial charge on any atom is 0.220 e. The molecule has 0 aliphatic carbocycles. The van der Waals surface area contributed by atoms with Gasteiger partial charge in [0.25, 0.3) is 0 Å². The van der Waals surface area contributed by atoms with Crippen LogP contribution in [0, 0.1) is 0 Å². The van der Waals surface area contributed by atoms with Gasteiger partial charge in [-0.2, -0.15) is 11.8 Å². The molecule has 0 heterocycles. The topological polar surface area (TPSA) is 49.3 Å². The van der Waals surface area contributed by atoms with Crippen LogP contribution < -0.4 is 5.32 Å². The standard InChI is InChI=1S/C10H21NO2S/c1-3-9(12)5-7-11-10(13)6-8-14-4-2/h9,12H,3-8H2,1-2H3,(H,11,13). The molecule has 2 N–H and O–H groups in total. The fourth-order valence-electron chi connectivity index (χ4n) is 0.980. The molecule has 0 aliphatic rings. The molecule has 0 aromatic carbocycles.